The molecule has 0 spiro atoms. The van der Waals surface area contributed by atoms with Crippen LogP contribution in [0.1, 0.15) is 17.7 Å². The minimum Gasteiger partial charge on any atom is -0.481 e. The topological polar surface area (TPSA) is 88.0 Å². The smallest absolute Gasteiger partial charge is 0.427 e. The highest BCUT2D eigenvalue weighted by atomic mass is 32.1. The normalized spacial score (nSPS) is 11.0. The lowest BCUT2D eigenvalue weighted by molar-refractivity contribution is -0.136. The number of ether oxygens (including phenoxy) is 1. The highest BCUT2D eigenvalue weighted by molar-refractivity contribution is 7.12. The van der Waals surface area contributed by atoms with Crippen molar-refractivity contribution in [2.75, 3.05) is 7.11 Å². The molecule has 0 atom stereocenters. The van der Waals surface area contributed by atoms with Crippen LogP contribution in [0, 0.1) is 0 Å². The second kappa shape index (κ2) is 6.64. The maximum Gasteiger partial charge on any atom is 0.427 e. The van der Waals surface area contributed by atoms with Crippen molar-refractivity contribution in [3.63, 3.8) is 0 Å². The van der Waals surface area contributed by atoms with Crippen LogP contribution in [0.3, 0.4) is 0 Å². The lowest BCUT2D eigenvalue weighted by Crippen LogP contribution is -2.19. The predicted octanol–water partition coefficient (Wildman–Crippen LogP) is 1.67. The molecule has 0 aliphatic rings. The average Bonchev–Trinajstić information content (AvgIpc) is 2.81. The number of hydrazone groups is 1. The molecule has 0 saturated carbocycles. The monoisotopic (exact) mass is 256 g/mol. The molecule has 0 fully saturated rings. The van der Waals surface area contributed by atoms with Crippen LogP contribution in [0.15, 0.2) is 22.6 Å². The molecule has 1 heterocycles. The van der Waals surface area contributed by atoms with Crippen molar-refractivity contribution in [3.8, 4) is 0 Å². The first-order chi connectivity index (χ1) is 8.13. The van der Waals surface area contributed by atoms with Gasteiger partial charge in [0.2, 0.25) is 0 Å². The minimum atomic E-state index is -0.910. The van der Waals surface area contributed by atoms with Crippen molar-refractivity contribution >= 4 is 29.1 Å². The van der Waals surface area contributed by atoms with Crippen molar-refractivity contribution in [2.45, 2.75) is 12.8 Å². The largest absolute Gasteiger partial charge is 0.481 e. The molecule has 1 rings (SSSR count). The number of carbonyl (C=O) groups excluding carboxylic acids is 1. The van der Waals surface area contributed by atoms with E-state index in [2.05, 4.69) is 15.3 Å². The number of nitrogens with zero attached hydrogens (tertiary/aromatic N) is 1. The summed E-state index contributed by atoms with van der Waals surface area (Å²) >= 11 is 1.43. The molecule has 0 bridgehead atoms. The molecule has 6 nitrogen and oxygen atoms in total. The summed E-state index contributed by atoms with van der Waals surface area (Å²) in [5.41, 5.74) is 2.71. The number of amides is 1. The Bertz CT molecular complexity index is 414. The Morgan fingerprint density at radius 1 is 1.53 bits per heavy atom. The number of hydrogen-bond acceptors (Lipinski definition) is 5. The van der Waals surface area contributed by atoms with Gasteiger partial charge in [0.15, 0.2) is 0 Å². The Morgan fingerprint density at radius 3 is 2.82 bits per heavy atom. The Hall–Kier alpha value is -1.89. The van der Waals surface area contributed by atoms with Gasteiger partial charge in [-0.25, -0.2) is 10.2 Å². The number of hydrogen-bond donors (Lipinski definition) is 2. The maximum absolute atomic E-state index is 10.9. The molecule has 2 N–H and O–H groups in total. The SMILES string of the molecule is COC(=O)NN=C(CCC(=O)O)c1cccs1. The number of aliphatic carboxylic acids is 1. The van der Waals surface area contributed by atoms with Crippen molar-refractivity contribution in [3.05, 3.63) is 22.4 Å². The standard InChI is InChI=1S/C10H12N2O4S/c1-16-10(15)12-11-7(4-5-9(13)14)8-3-2-6-17-8/h2-3,6H,4-5H2,1H3,(H,12,15)(H,13,14). The average molecular weight is 256 g/mol. The Balaban J connectivity index is 2.72. The number of rotatable bonds is 5. The molecule has 1 aromatic rings. The highest BCUT2D eigenvalue weighted by Gasteiger charge is 2.08. The van der Waals surface area contributed by atoms with Crippen LogP contribution >= 0.6 is 11.3 Å². The van der Waals surface area contributed by atoms with Crippen LogP contribution in [-0.4, -0.2) is 30.0 Å². The third-order valence-corrected chi connectivity index (χ3v) is 2.77. The first-order valence-electron chi connectivity index (χ1n) is 4.79. The van der Waals surface area contributed by atoms with E-state index in [1.807, 2.05) is 17.5 Å². The van der Waals surface area contributed by atoms with E-state index in [1.54, 1.807) is 0 Å². The van der Waals surface area contributed by atoms with Gasteiger partial charge >= 0.3 is 12.1 Å². The molecule has 0 saturated heterocycles. The highest BCUT2D eigenvalue weighted by Crippen LogP contribution is 2.13. The number of nitrogens with one attached hydrogen (secondary N) is 1. The molecular weight excluding hydrogens is 244 g/mol. The summed E-state index contributed by atoms with van der Waals surface area (Å²) in [6, 6.07) is 3.64. The fraction of sp³-hybridized carbons (Fsp3) is 0.300. The van der Waals surface area contributed by atoms with E-state index >= 15 is 0 Å². The lowest BCUT2D eigenvalue weighted by Gasteiger charge is -2.03. The number of carboxylic acids is 1. The number of carbonyl (C=O) groups is 2. The zero-order valence-corrected chi connectivity index (χ0v) is 9.99. The third-order valence-electron chi connectivity index (χ3n) is 1.85. The van der Waals surface area contributed by atoms with E-state index < -0.39 is 12.1 Å². The van der Waals surface area contributed by atoms with Gasteiger partial charge in [0.05, 0.1) is 24.1 Å². The first-order valence-corrected chi connectivity index (χ1v) is 5.67. The van der Waals surface area contributed by atoms with E-state index in [1.165, 1.54) is 18.4 Å². The molecule has 0 aliphatic heterocycles. The molecule has 0 aromatic carbocycles. The Kier molecular flexibility index (Phi) is 5.15. The second-order valence-corrected chi connectivity index (χ2v) is 3.98. The summed E-state index contributed by atoms with van der Waals surface area (Å²) in [5, 5.41) is 14.3. The quantitative estimate of drug-likeness (QED) is 0.619. The number of carboxylic acid groups (broad SMARTS) is 1. The van der Waals surface area contributed by atoms with Crippen molar-refractivity contribution in [1.82, 2.24) is 5.43 Å². The first kappa shape index (κ1) is 13.2. The zero-order valence-electron chi connectivity index (χ0n) is 9.17. The van der Waals surface area contributed by atoms with Crippen LogP contribution in [0.4, 0.5) is 4.79 Å². The molecule has 17 heavy (non-hydrogen) atoms. The van der Waals surface area contributed by atoms with E-state index in [0.29, 0.717) is 5.71 Å². The summed E-state index contributed by atoms with van der Waals surface area (Å²) in [7, 11) is 1.23. The molecule has 0 aliphatic carbocycles. The molecule has 0 radical (unpaired) electrons. The van der Waals surface area contributed by atoms with E-state index in [0.717, 1.165) is 4.88 Å². The van der Waals surface area contributed by atoms with Gasteiger partial charge in [-0.15, -0.1) is 11.3 Å². The summed E-state index contributed by atoms with van der Waals surface area (Å²) in [5.74, 6) is -0.910. The van der Waals surface area contributed by atoms with Gasteiger partial charge < -0.3 is 9.84 Å². The minimum absolute atomic E-state index is 0.0421. The predicted molar refractivity (Wildman–Crippen MR) is 63.3 cm³/mol. The van der Waals surface area contributed by atoms with Gasteiger partial charge in [-0.1, -0.05) is 6.07 Å². The number of methoxy groups -OCH3 is 1. The maximum atomic E-state index is 10.9. The summed E-state index contributed by atoms with van der Waals surface area (Å²) < 4.78 is 4.37. The number of thiophene rings is 1. The van der Waals surface area contributed by atoms with Gasteiger partial charge in [0.1, 0.15) is 0 Å². The van der Waals surface area contributed by atoms with Gasteiger partial charge in [0, 0.05) is 6.42 Å². The Morgan fingerprint density at radius 2 is 2.29 bits per heavy atom. The van der Waals surface area contributed by atoms with Crippen molar-refractivity contribution < 1.29 is 19.4 Å². The van der Waals surface area contributed by atoms with Gasteiger partial charge in [-0.3, -0.25) is 4.79 Å². The molecule has 0 unspecified atom stereocenters. The third kappa shape index (κ3) is 4.64. The van der Waals surface area contributed by atoms with Crippen molar-refractivity contribution in [2.24, 2.45) is 5.10 Å². The Labute approximate surface area is 102 Å². The van der Waals surface area contributed by atoms with Gasteiger partial charge in [-0.2, -0.15) is 5.10 Å². The summed E-state index contributed by atoms with van der Waals surface area (Å²) in [4.78, 5) is 22.2. The van der Waals surface area contributed by atoms with Crippen LogP contribution in [0.2, 0.25) is 0 Å². The fourth-order valence-electron chi connectivity index (χ4n) is 1.06. The van der Waals surface area contributed by atoms with Crippen molar-refractivity contribution in [1.29, 1.82) is 0 Å². The lowest BCUT2D eigenvalue weighted by atomic mass is 10.2. The van der Waals surface area contributed by atoms with Crippen LogP contribution < -0.4 is 5.43 Å². The fourth-order valence-corrected chi connectivity index (χ4v) is 1.81. The molecule has 7 heteroatoms. The van der Waals surface area contributed by atoms with E-state index in [-0.39, 0.29) is 12.8 Å². The van der Waals surface area contributed by atoms with Crippen LogP contribution in [0.5, 0.6) is 0 Å². The second-order valence-electron chi connectivity index (χ2n) is 3.03. The summed E-state index contributed by atoms with van der Waals surface area (Å²) in [6.45, 7) is 0. The van der Waals surface area contributed by atoms with Crippen LogP contribution in [0.25, 0.3) is 0 Å². The zero-order chi connectivity index (χ0) is 12.7. The summed E-state index contributed by atoms with van der Waals surface area (Å²) in [6.07, 6.45) is -0.478. The van der Waals surface area contributed by atoms with Crippen LogP contribution in [-0.2, 0) is 9.53 Å². The van der Waals surface area contributed by atoms with Gasteiger partial charge in [-0.05, 0) is 11.4 Å². The molecule has 92 valence electrons. The van der Waals surface area contributed by atoms with Gasteiger partial charge in [0.25, 0.3) is 0 Å². The molecule has 1 aromatic heterocycles. The van der Waals surface area contributed by atoms with E-state index in [9.17, 15) is 9.59 Å². The van der Waals surface area contributed by atoms with E-state index in [4.69, 9.17) is 5.11 Å². The molecular formula is C10H12N2O4S. The molecule has 1 amide bonds.